The zero-order valence-corrected chi connectivity index (χ0v) is 17.0. The van der Waals surface area contributed by atoms with E-state index in [4.69, 9.17) is 11.6 Å². The molecule has 0 unspecified atom stereocenters. The quantitative estimate of drug-likeness (QED) is 0.608. The summed E-state index contributed by atoms with van der Waals surface area (Å²) < 4.78 is 2.02. The third-order valence-corrected chi connectivity index (χ3v) is 5.51. The first kappa shape index (κ1) is 19.5. The van der Waals surface area contributed by atoms with Gasteiger partial charge in [0.05, 0.1) is 11.8 Å². The fraction of sp³-hybridized carbons (Fsp3) is 0.250. The van der Waals surface area contributed by atoms with Gasteiger partial charge in [-0.05, 0) is 44.0 Å². The van der Waals surface area contributed by atoms with Crippen LogP contribution in [0.4, 0.5) is 5.69 Å². The van der Waals surface area contributed by atoms with Gasteiger partial charge in [-0.1, -0.05) is 59.8 Å². The molecule has 0 fully saturated rings. The number of rotatable bonds is 6. The summed E-state index contributed by atoms with van der Waals surface area (Å²) in [7, 11) is 0. The van der Waals surface area contributed by atoms with Crippen molar-refractivity contribution in [2.24, 2.45) is 0 Å². The molecule has 1 heterocycles. The van der Waals surface area contributed by atoms with E-state index >= 15 is 0 Å². The third-order valence-electron chi connectivity index (χ3n) is 4.19. The lowest BCUT2D eigenvalue weighted by Crippen LogP contribution is -2.23. The number of carbonyl (C=O) groups is 1. The summed E-state index contributed by atoms with van der Waals surface area (Å²) in [5, 5.41) is 12.4. The van der Waals surface area contributed by atoms with Crippen LogP contribution in [-0.4, -0.2) is 25.9 Å². The van der Waals surface area contributed by atoms with Crippen molar-refractivity contribution in [1.29, 1.82) is 0 Å². The van der Waals surface area contributed by atoms with Crippen LogP contribution in [0.15, 0.2) is 53.7 Å². The number of halogens is 1. The molecular weight excluding hydrogens is 380 g/mol. The Bertz CT molecular complexity index is 942. The molecule has 0 aliphatic heterocycles. The summed E-state index contributed by atoms with van der Waals surface area (Å²) >= 11 is 7.42. The minimum Gasteiger partial charge on any atom is -0.325 e. The Morgan fingerprint density at radius 3 is 2.67 bits per heavy atom. The Kier molecular flexibility index (Phi) is 6.19. The van der Waals surface area contributed by atoms with Gasteiger partial charge in [0.2, 0.25) is 5.91 Å². The number of thioether (sulfide) groups is 1. The molecule has 140 valence electrons. The van der Waals surface area contributed by atoms with Gasteiger partial charge in [-0.2, -0.15) is 0 Å². The van der Waals surface area contributed by atoms with Gasteiger partial charge >= 0.3 is 0 Å². The van der Waals surface area contributed by atoms with Crippen LogP contribution in [0.25, 0.3) is 0 Å². The third kappa shape index (κ3) is 4.90. The number of hydrogen-bond acceptors (Lipinski definition) is 4. The molecule has 1 amide bonds. The molecule has 0 saturated carbocycles. The van der Waals surface area contributed by atoms with Crippen molar-refractivity contribution < 1.29 is 4.79 Å². The number of hydrogen-bond donors (Lipinski definition) is 1. The second-order valence-corrected chi connectivity index (χ2v) is 8.05. The summed E-state index contributed by atoms with van der Waals surface area (Å²) in [5.74, 6) is 0.719. The van der Waals surface area contributed by atoms with Crippen molar-refractivity contribution in [2.45, 2.75) is 37.7 Å². The number of aromatic nitrogens is 3. The van der Waals surface area contributed by atoms with Crippen LogP contribution in [0.5, 0.6) is 0 Å². The first-order chi connectivity index (χ1) is 12.9. The van der Waals surface area contributed by atoms with E-state index in [9.17, 15) is 4.79 Å². The van der Waals surface area contributed by atoms with Crippen LogP contribution in [0.3, 0.4) is 0 Å². The van der Waals surface area contributed by atoms with Crippen molar-refractivity contribution in [3.63, 3.8) is 0 Å². The van der Waals surface area contributed by atoms with Gasteiger partial charge in [-0.25, -0.2) is 0 Å². The lowest BCUT2D eigenvalue weighted by molar-refractivity contribution is -0.115. The Balaban J connectivity index is 1.71. The van der Waals surface area contributed by atoms with Crippen molar-refractivity contribution in [3.8, 4) is 0 Å². The Labute approximate surface area is 168 Å². The fourth-order valence-corrected chi connectivity index (χ4v) is 3.64. The molecule has 3 rings (SSSR count). The lowest BCUT2D eigenvalue weighted by atomic mass is 10.2. The van der Waals surface area contributed by atoms with Crippen LogP contribution in [0.2, 0.25) is 5.02 Å². The van der Waals surface area contributed by atoms with Gasteiger partial charge in [0.25, 0.3) is 0 Å². The van der Waals surface area contributed by atoms with Gasteiger partial charge in [-0.15, -0.1) is 10.2 Å². The van der Waals surface area contributed by atoms with E-state index in [1.807, 2.05) is 49.6 Å². The Morgan fingerprint density at radius 1 is 1.19 bits per heavy atom. The average molecular weight is 401 g/mol. The molecule has 0 saturated heterocycles. The number of aryl methyl sites for hydroxylation is 2. The van der Waals surface area contributed by atoms with Gasteiger partial charge in [-0.3, -0.25) is 4.79 Å². The molecule has 3 aromatic rings. The predicted molar refractivity (Wildman–Crippen MR) is 110 cm³/mol. The highest BCUT2D eigenvalue weighted by Crippen LogP contribution is 2.26. The number of anilines is 1. The molecule has 1 N–H and O–H groups in total. The van der Waals surface area contributed by atoms with Gasteiger partial charge in [0.1, 0.15) is 5.82 Å². The summed E-state index contributed by atoms with van der Waals surface area (Å²) in [4.78, 5) is 12.6. The highest BCUT2D eigenvalue weighted by atomic mass is 35.5. The largest absolute Gasteiger partial charge is 0.325 e. The normalized spacial score (nSPS) is 12.0. The smallest absolute Gasteiger partial charge is 0.237 e. The SMILES string of the molecule is Cc1ccc(Cl)cc1NC(=O)[C@H](C)Sc1nnc(C)n1Cc1ccccc1. The maximum atomic E-state index is 12.6. The fourth-order valence-electron chi connectivity index (χ4n) is 2.57. The molecule has 0 aliphatic rings. The highest BCUT2D eigenvalue weighted by Gasteiger charge is 2.20. The average Bonchev–Trinajstić information content (AvgIpc) is 2.99. The van der Waals surface area contributed by atoms with Crippen LogP contribution in [0, 0.1) is 13.8 Å². The molecule has 2 aromatic carbocycles. The van der Waals surface area contributed by atoms with E-state index in [-0.39, 0.29) is 11.2 Å². The zero-order valence-electron chi connectivity index (χ0n) is 15.4. The molecule has 0 bridgehead atoms. The van der Waals surface area contributed by atoms with Gasteiger partial charge in [0, 0.05) is 10.7 Å². The van der Waals surface area contributed by atoms with Crippen LogP contribution in [0.1, 0.15) is 23.9 Å². The summed E-state index contributed by atoms with van der Waals surface area (Å²) in [5.41, 5.74) is 2.85. The topological polar surface area (TPSA) is 59.8 Å². The van der Waals surface area contributed by atoms with E-state index in [0.29, 0.717) is 11.6 Å². The van der Waals surface area contributed by atoms with E-state index in [1.165, 1.54) is 11.8 Å². The van der Waals surface area contributed by atoms with Crippen LogP contribution < -0.4 is 5.32 Å². The van der Waals surface area contributed by atoms with Crippen molar-refractivity contribution in [2.75, 3.05) is 5.32 Å². The summed E-state index contributed by atoms with van der Waals surface area (Å²) in [6.07, 6.45) is 0. The molecule has 1 aromatic heterocycles. The van der Waals surface area contributed by atoms with E-state index < -0.39 is 0 Å². The van der Waals surface area contributed by atoms with Crippen LogP contribution in [-0.2, 0) is 11.3 Å². The number of nitrogens with zero attached hydrogens (tertiary/aromatic N) is 3. The van der Waals surface area contributed by atoms with Crippen molar-refractivity contribution in [3.05, 3.63) is 70.5 Å². The molecule has 5 nitrogen and oxygen atoms in total. The second kappa shape index (κ2) is 8.59. The minimum absolute atomic E-state index is 0.0997. The maximum Gasteiger partial charge on any atom is 0.237 e. The molecule has 27 heavy (non-hydrogen) atoms. The maximum absolute atomic E-state index is 12.6. The van der Waals surface area contributed by atoms with E-state index in [2.05, 4.69) is 27.6 Å². The Morgan fingerprint density at radius 2 is 1.93 bits per heavy atom. The summed E-state index contributed by atoms with van der Waals surface area (Å²) in [6, 6.07) is 15.6. The van der Waals surface area contributed by atoms with E-state index in [1.54, 1.807) is 12.1 Å². The standard InChI is InChI=1S/C20H21ClN4OS/c1-13-9-10-17(21)11-18(13)22-19(26)14(2)27-20-24-23-15(3)25(20)12-16-7-5-4-6-8-16/h4-11,14H,12H2,1-3H3,(H,22,26)/t14-/m0/s1. The first-order valence-corrected chi connectivity index (χ1v) is 9.87. The zero-order chi connectivity index (χ0) is 19.4. The van der Waals surface area contributed by atoms with E-state index in [0.717, 1.165) is 27.8 Å². The monoisotopic (exact) mass is 400 g/mol. The molecule has 0 aliphatic carbocycles. The highest BCUT2D eigenvalue weighted by molar-refractivity contribution is 8.00. The first-order valence-electron chi connectivity index (χ1n) is 8.61. The summed E-state index contributed by atoms with van der Waals surface area (Å²) in [6.45, 7) is 6.38. The minimum atomic E-state index is -0.332. The number of nitrogens with one attached hydrogen (secondary N) is 1. The second-order valence-electron chi connectivity index (χ2n) is 6.31. The lowest BCUT2D eigenvalue weighted by Gasteiger charge is -2.14. The molecular formula is C20H21ClN4OS. The molecule has 1 atom stereocenters. The van der Waals surface area contributed by atoms with Crippen LogP contribution >= 0.6 is 23.4 Å². The van der Waals surface area contributed by atoms with Gasteiger partial charge < -0.3 is 9.88 Å². The molecule has 0 spiro atoms. The predicted octanol–water partition coefficient (Wildman–Crippen LogP) is 4.72. The van der Waals surface area contributed by atoms with Gasteiger partial charge in [0.15, 0.2) is 5.16 Å². The Hall–Kier alpha value is -2.31. The number of amides is 1. The molecule has 7 heteroatoms. The van der Waals surface area contributed by atoms with Crippen molar-refractivity contribution in [1.82, 2.24) is 14.8 Å². The van der Waals surface area contributed by atoms with Crippen molar-refractivity contribution >= 4 is 35.0 Å². The molecule has 0 radical (unpaired) electrons. The number of benzene rings is 2. The number of carbonyl (C=O) groups excluding carboxylic acids is 1.